The first-order valence-corrected chi connectivity index (χ1v) is 10.9. The Balaban J connectivity index is 1.37. The van der Waals surface area contributed by atoms with Gasteiger partial charge in [-0.05, 0) is 48.4 Å². The van der Waals surface area contributed by atoms with Crippen molar-refractivity contribution in [2.45, 2.75) is 44.8 Å². The number of rotatable bonds is 5. The monoisotopic (exact) mass is 399 g/mol. The molecule has 0 spiro atoms. The van der Waals surface area contributed by atoms with Gasteiger partial charge in [-0.3, -0.25) is 9.79 Å². The van der Waals surface area contributed by atoms with Gasteiger partial charge in [-0.25, -0.2) is 4.98 Å². The van der Waals surface area contributed by atoms with Crippen LogP contribution in [0, 0.1) is 0 Å². The maximum atomic E-state index is 12.2. The van der Waals surface area contributed by atoms with Crippen molar-refractivity contribution >= 4 is 40.2 Å². The summed E-state index contributed by atoms with van der Waals surface area (Å²) in [6.45, 7) is 0.461. The molecule has 2 aromatic rings. The number of aliphatic imine (C=N–C) groups is 1. The van der Waals surface area contributed by atoms with Crippen LogP contribution in [0.4, 0.5) is 0 Å². The predicted octanol–water partition coefficient (Wildman–Crippen LogP) is 4.61. The molecule has 4 rings (SSSR count). The van der Waals surface area contributed by atoms with Crippen LogP contribution in [0.2, 0.25) is 0 Å². The van der Waals surface area contributed by atoms with Crippen LogP contribution in [0.1, 0.15) is 43.4 Å². The number of carbonyl (C=O) groups is 1. The lowest BCUT2D eigenvalue weighted by Crippen LogP contribution is -2.22. The molecule has 1 N–H and O–H groups in total. The van der Waals surface area contributed by atoms with Gasteiger partial charge in [-0.2, -0.15) is 0 Å². The van der Waals surface area contributed by atoms with Gasteiger partial charge in [0.25, 0.3) is 5.91 Å². The Labute approximate surface area is 167 Å². The number of thioether (sulfide) groups is 1. The van der Waals surface area contributed by atoms with E-state index in [-0.39, 0.29) is 5.91 Å². The number of amides is 1. The number of nitrogens with one attached hydrogen (secondary N) is 1. The van der Waals surface area contributed by atoms with Gasteiger partial charge in [0.15, 0.2) is 5.17 Å². The van der Waals surface area contributed by atoms with E-state index >= 15 is 0 Å². The Morgan fingerprint density at radius 1 is 1.22 bits per heavy atom. The van der Waals surface area contributed by atoms with E-state index in [9.17, 15) is 4.79 Å². The summed E-state index contributed by atoms with van der Waals surface area (Å²) in [5, 5.41) is 5.60. The molecule has 0 atom stereocenters. The fourth-order valence-corrected chi connectivity index (χ4v) is 4.58. The molecule has 7 heteroatoms. The van der Waals surface area contributed by atoms with Crippen molar-refractivity contribution in [3.8, 4) is 5.75 Å². The highest BCUT2D eigenvalue weighted by Crippen LogP contribution is 2.29. The highest BCUT2D eigenvalue weighted by atomic mass is 32.2. The summed E-state index contributed by atoms with van der Waals surface area (Å²) in [4.78, 5) is 21.8. The number of hydrogen-bond acceptors (Lipinski definition) is 6. The Morgan fingerprint density at radius 3 is 2.78 bits per heavy atom. The topological polar surface area (TPSA) is 63.6 Å². The SMILES string of the molecule is O=C1NC(=NC2CCCCC2)S/C1=C\c1ccc(OCc2cscn2)cc1. The van der Waals surface area contributed by atoms with E-state index in [4.69, 9.17) is 9.73 Å². The van der Waals surface area contributed by atoms with Crippen molar-refractivity contribution in [1.29, 1.82) is 0 Å². The van der Waals surface area contributed by atoms with Gasteiger partial charge < -0.3 is 10.1 Å². The van der Waals surface area contributed by atoms with E-state index in [1.807, 2.05) is 35.7 Å². The molecule has 2 heterocycles. The predicted molar refractivity (Wildman–Crippen MR) is 111 cm³/mol. The molecule has 1 aliphatic heterocycles. The smallest absolute Gasteiger partial charge is 0.264 e. The van der Waals surface area contributed by atoms with Gasteiger partial charge in [0.05, 0.1) is 22.2 Å². The summed E-state index contributed by atoms with van der Waals surface area (Å²) in [5.41, 5.74) is 3.69. The second-order valence-electron chi connectivity index (χ2n) is 6.63. The van der Waals surface area contributed by atoms with E-state index in [1.54, 1.807) is 16.8 Å². The van der Waals surface area contributed by atoms with Crippen LogP contribution < -0.4 is 10.1 Å². The fourth-order valence-electron chi connectivity index (χ4n) is 3.14. The Bertz CT molecular complexity index is 839. The molecule has 0 bridgehead atoms. The van der Waals surface area contributed by atoms with Gasteiger partial charge in [-0.1, -0.05) is 31.4 Å². The average molecular weight is 400 g/mol. The number of hydrogen-bond donors (Lipinski definition) is 1. The van der Waals surface area contributed by atoms with E-state index < -0.39 is 0 Å². The molecular weight excluding hydrogens is 378 g/mol. The summed E-state index contributed by atoms with van der Waals surface area (Å²) in [6, 6.07) is 8.08. The van der Waals surface area contributed by atoms with Gasteiger partial charge in [0.2, 0.25) is 0 Å². The second kappa shape index (κ2) is 8.71. The van der Waals surface area contributed by atoms with Crippen molar-refractivity contribution in [2.24, 2.45) is 4.99 Å². The van der Waals surface area contributed by atoms with Crippen molar-refractivity contribution in [3.63, 3.8) is 0 Å². The molecule has 140 valence electrons. The maximum absolute atomic E-state index is 12.2. The first kappa shape index (κ1) is 18.3. The summed E-state index contributed by atoms with van der Waals surface area (Å²) in [6.07, 6.45) is 7.92. The lowest BCUT2D eigenvalue weighted by Gasteiger charge is -2.17. The third-order valence-corrected chi connectivity index (χ3v) is 6.13. The summed E-state index contributed by atoms with van der Waals surface area (Å²) in [5.74, 6) is 0.714. The molecule has 2 aliphatic rings. The zero-order valence-electron chi connectivity index (χ0n) is 14.9. The Hall–Kier alpha value is -2.12. The van der Waals surface area contributed by atoms with E-state index in [1.165, 1.54) is 31.0 Å². The maximum Gasteiger partial charge on any atom is 0.264 e. The minimum atomic E-state index is -0.0709. The fraction of sp³-hybridized carbons (Fsp3) is 0.350. The van der Waals surface area contributed by atoms with Gasteiger partial charge >= 0.3 is 0 Å². The van der Waals surface area contributed by atoms with Crippen molar-refractivity contribution < 1.29 is 9.53 Å². The minimum absolute atomic E-state index is 0.0709. The summed E-state index contributed by atoms with van der Waals surface area (Å²) < 4.78 is 5.72. The summed E-state index contributed by atoms with van der Waals surface area (Å²) >= 11 is 2.99. The number of benzene rings is 1. The molecule has 1 aromatic heterocycles. The average Bonchev–Trinajstić information content (AvgIpc) is 3.32. The van der Waals surface area contributed by atoms with Crippen LogP contribution in [-0.4, -0.2) is 22.1 Å². The van der Waals surface area contributed by atoms with Gasteiger partial charge in [0, 0.05) is 5.38 Å². The van der Waals surface area contributed by atoms with Crippen LogP contribution in [0.25, 0.3) is 6.08 Å². The normalized spacial score (nSPS) is 21.0. The molecule has 2 fully saturated rings. The molecule has 1 aromatic carbocycles. The van der Waals surface area contributed by atoms with Crippen molar-refractivity contribution in [2.75, 3.05) is 0 Å². The quantitative estimate of drug-likeness (QED) is 0.746. The van der Waals surface area contributed by atoms with Gasteiger partial charge in [0.1, 0.15) is 12.4 Å². The second-order valence-corrected chi connectivity index (χ2v) is 8.38. The largest absolute Gasteiger partial charge is 0.487 e. The first-order valence-electron chi connectivity index (χ1n) is 9.15. The highest BCUT2D eigenvalue weighted by molar-refractivity contribution is 8.18. The van der Waals surface area contributed by atoms with Crippen LogP contribution in [0.15, 0.2) is 45.1 Å². The Morgan fingerprint density at radius 2 is 2.04 bits per heavy atom. The van der Waals surface area contributed by atoms with E-state index in [0.717, 1.165) is 35.0 Å². The van der Waals surface area contributed by atoms with Crippen LogP contribution >= 0.6 is 23.1 Å². The number of carbonyl (C=O) groups excluding carboxylic acids is 1. The summed E-state index contributed by atoms with van der Waals surface area (Å²) in [7, 11) is 0. The molecule has 1 saturated heterocycles. The van der Waals surface area contributed by atoms with Gasteiger partial charge in [-0.15, -0.1) is 11.3 Å². The number of ether oxygens (including phenoxy) is 1. The van der Waals surface area contributed by atoms with E-state index in [0.29, 0.717) is 17.6 Å². The molecule has 0 radical (unpaired) electrons. The highest BCUT2D eigenvalue weighted by Gasteiger charge is 2.25. The number of amidine groups is 1. The molecule has 1 saturated carbocycles. The zero-order chi connectivity index (χ0) is 18.5. The molecular formula is C20H21N3O2S2. The van der Waals surface area contributed by atoms with Crippen LogP contribution in [0.5, 0.6) is 5.75 Å². The molecule has 0 unspecified atom stereocenters. The molecule has 1 amide bonds. The standard InChI is InChI=1S/C20H21N3O2S2/c24-19-18(27-20(23-19)22-15-4-2-1-3-5-15)10-14-6-8-17(9-7-14)25-11-16-12-26-13-21-16/h6-10,12-13,15H,1-5,11H2,(H,22,23,24)/b18-10-. The minimum Gasteiger partial charge on any atom is -0.487 e. The lowest BCUT2D eigenvalue weighted by molar-refractivity contribution is -0.115. The van der Waals surface area contributed by atoms with Crippen molar-refractivity contribution in [3.05, 3.63) is 51.3 Å². The number of thiazole rings is 1. The zero-order valence-corrected chi connectivity index (χ0v) is 16.5. The van der Waals surface area contributed by atoms with Crippen LogP contribution in [-0.2, 0) is 11.4 Å². The third kappa shape index (κ3) is 4.99. The Kier molecular flexibility index (Phi) is 5.89. The number of aromatic nitrogens is 1. The molecule has 5 nitrogen and oxygen atoms in total. The van der Waals surface area contributed by atoms with E-state index in [2.05, 4.69) is 10.3 Å². The third-order valence-electron chi connectivity index (χ3n) is 4.57. The molecule has 1 aliphatic carbocycles. The molecule has 27 heavy (non-hydrogen) atoms. The first-order chi connectivity index (χ1) is 13.3. The van der Waals surface area contributed by atoms with Crippen molar-refractivity contribution in [1.82, 2.24) is 10.3 Å². The number of nitrogens with zero attached hydrogens (tertiary/aromatic N) is 2. The van der Waals surface area contributed by atoms with Crippen LogP contribution in [0.3, 0.4) is 0 Å². The lowest BCUT2D eigenvalue weighted by atomic mass is 9.96.